The minimum atomic E-state index is 0.00334. The van der Waals surface area contributed by atoms with Crippen LogP contribution >= 0.6 is 11.3 Å². The van der Waals surface area contributed by atoms with Crippen molar-refractivity contribution >= 4 is 34.7 Å². The van der Waals surface area contributed by atoms with E-state index >= 15 is 0 Å². The van der Waals surface area contributed by atoms with Crippen molar-refractivity contribution in [3.8, 4) is 0 Å². The highest BCUT2D eigenvalue weighted by molar-refractivity contribution is 7.12. The van der Waals surface area contributed by atoms with E-state index in [1.54, 1.807) is 17.5 Å². The lowest BCUT2D eigenvalue weighted by Gasteiger charge is -2.26. The highest BCUT2D eigenvalue weighted by Crippen LogP contribution is 2.41. The normalized spacial score (nSPS) is 19.3. The van der Waals surface area contributed by atoms with E-state index < -0.39 is 0 Å². The van der Waals surface area contributed by atoms with Gasteiger partial charge in [0.05, 0.1) is 16.9 Å². The quantitative estimate of drug-likeness (QED) is 0.451. The summed E-state index contributed by atoms with van der Waals surface area (Å²) in [6.45, 7) is 2.72. The maximum atomic E-state index is 13.4. The van der Waals surface area contributed by atoms with Gasteiger partial charge in [-0.2, -0.15) is 0 Å². The Morgan fingerprint density at radius 2 is 2.00 bits per heavy atom. The van der Waals surface area contributed by atoms with E-state index in [2.05, 4.69) is 25.2 Å². The number of thiophene rings is 1. The van der Waals surface area contributed by atoms with Gasteiger partial charge in [0.15, 0.2) is 0 Å². The van der Waals surface area contributed by atoms with Crippen molar-refractivity contribution in [1.82, 2.24) is 19.9 Å². The van der Waals surface area contributed by atoms with Gasteiger partial charge in [-0.15, -0.1) is 11.3 Å². The zero-order valence-electron chi connectivity index (χ0n) is 20.0. The van der Waals surface area contributed by atoms with Crippen LogP contribution in [0, 0.1) is 18.8 Å². The standard InChI is InChI=1S/C27H31N5O2S/c1-16-21(3-2-10-28-16)31-27-29-11-12-32(27)19-8-9-23-20(13-19)25(26(34)30-15-17-4-5-17)24(35-23)14-22(33)18-6-7-18/h2-3,10-12,17-19H,4-9,13-15H2,1H3,(H,29,31)(H,30,34)/t19-/m0/s1. The highest BCUT2D eigenvalue weighted by Gasteiger charge is 2.35. The second-order valence-corrected chi connectivity index (χ2v) is 11.4. The number of nitrogens with one attached hydrogen (secondary N) is 2. The Kier molecular flexibility index (Phi) is 5.92. The van der Waals surface area contributed by atoms with Crippen molar-refractivity contribution in [1.29, 1.82) is 0 Å². The van der Waals surface area contributed by atoms with Gasteiger partial charge < -0.3 is 15.2 Å². The van der Waals surface area contributed by atoms with Crippen LogP contribution in [0.2, 0.25) is 0 Å². The molecule has 3 aliphatic carbocycles. The number of amides is 1. The van der Waals surface area contributed by atoms with Crippen molar-refractivity contribution in [2.75, 3.05) is 11.9 Å². The molecule has 3 aliphatic rings. The summed E-state index contributed by atoms with van der Waals surface area (Å²) < 4.78 is 2.19. The topological polar surface area (TPSA) is 88.9 Å². The molecule has 0 saturated heterocycles. The molecule has 1 amide bonds. The fourth-order valence-corrected chi connectivity index (χ4v) is 6.40. The molecule has 0 bridgehead atoms. The van der Waals surface area contributed by atoms with Crippen molar-refractivity contribution in [3.63, 3.8) is 0 Å². The molecule has 182 valence electrons. The fourth-order valence-electron chi connectivity index (χ4n) is 5.04. The van der Waals surface area contributed by atoms with Gasteiger partial charge in [-0.05, 0) is 75.5 Å². The number of aryl methyl sites for hydroxylation is 2. The van der Waals surface area contributed by atoms with Crippen LogP contribution in [0.4, 0.5) is 11.6 Å². The van der Waals surface area contributed by atoms with Crippen molar-refractivity contribution < 1.29 is 9.59 Å². The van der Waals surface area contributed by atoms with Gasteiger partial charge in [0.25, 0.3) is 5.91 Å². The van der Waals surface area contributed by atoms with E-state index in [-0.39, 0.29) is 17.9 Å². The van der Waals surface area contributed by atoms with E-state index in [0.717, 1.165) is 72.0 Å². The Morgan fingerprint density at radius 3 is 2.77 bits per heavy atom. The average Bonchev–Trinajstić information content (AvgIpc) is 3.78. The number of hydrogen-bond acceptors (Lipinski definition) is 6. The summed E-state index contributed by atoms with van der Waals surface area (Å²) >= 11 is 1.69. The summed E-state index contributed by atoms with van der Waals surface area (Å²) in [5.41, 5.74) is 3.77. The Labute approximate surface area is 209 Å². The van der Waals surface area contributed by atoms with Crippen molar-refractivity contribution in [2.45, 2.75) is 64.3 Å². The Bertz CT molecular complexity index is 1270. The number of carbonyl (C=O) groups excluding carboxylic acids is 2. The molecule has 0 aliphatic heterocycles. The van der Waals surface area contributed by atoms with E-state index in [4.69, 9.17) is 0 Å². The van der Waals surface area contributed by atoms with Crippen LogP contribution in [0.15, 0.2) is 30.7 Å². The average molecular weight is 490 g/mol. The van der Waals surface area contributed by atoms with Crippen LogP contribution in [0.3, 0.4) is 0 Å². The Balaban J connectivity index is 1.27. The summed E-state index contributed by atoms with van der Waals surface area (Å²) in [4.78, 5) is 37.2. The van der Waals surface area contributed by atoms with Gasteiger partial charge in [0, 0.05) is 53.3 Å². The van der Waals surface area contributed by atoms with Gasteiger partial charge in [-0.25, -0.2) is 4.98 Å². The molecule has 3 heterocycles. The van der Waals surface area contributed by atoms with E-state index in [9.17, 15) is 9.59 Å². The molecule has 8 heteroatoms. The van der Waals surface area contributed by atoms with Crippen molar-refractivity contribution in [2.24, 2.45) is 11.8 Å². The molecule has 2 saturated carbocycles. The van der Waals surface area contributed by atoms with E-state index in [1.807, 2.05) is 31.5 Å². The lowest BCUT2D eigenvalue weighted by atomic mass is 9.89. The number of hydrogen-bond donors (Lipinski definition) is 2. The Hall–Kier alpha value is -3.00. The number of nitrogens with zero attached hydrogens (tertiary/aromatic N) is 3. The summed E-state index contributed by atoms with van der Waals surface area (Å²) in [6, 6.07) is 4.11. The molecule has 0 radical (unpaired) electrons. The number of ketones is 1. The zero-order chi connectivity index (χ0) is 23.9. The van der Waals surface area contributed by atoms with Crippen LogP contribution < -0.4 is 10.6 Å². The molecule has 3 aromatic rings. The lowest BCUT2D eigenvalue weighted by Crippen LogP contribution is -2.28. The summed E-state index contributed by atoms with van der Waals surface area (Å²) in [7, 11) is 0. The number of anilines is 2. The summed E-state index contributed by atoms with van der Waals surface area (Å²) in [6.07, 6.45) is 13.1. The van der Waals surface area contributed by atoms with Gasteiger partial charge in [-0.1, -0.05) is 0 Å². The summed E-state index contributed by atoms with van der Waals surface area (Å²) in [5.74, 6) is 1.91. The SMILES string of the molecule is Cc1ncccc1Nc1nccn1[C@H]1CCc2sc(CC(=O)C3CC3)c(C(=O)NCC3CC3)c2C1. The first-order valence-corrected chi connectivity index (χ1v) is 13.5. The third-order valence-electron chi connectivity index (χ3n) is 7.47. The number of fused-ring (bicyclic) bond motifs is 1. The van der Waals surface area contributed by atoms with Crippen LogP contribution in [0.5, 0.6) is 0 Å². The largest absolute Gasteiger partial charge is 0.352 e. The van der Waals surface area contributed by atoms with E-state index in [0.29, 0.717) is 18.1 Å². The smallest absolute Gasteiger partial charge is 0.252 e. The predicted octanol–water partition coefficient (Wildman–Crippen LogP) is 4.78. The zero-order valence-corrected chi connectivity index (χ0v) is 20.9. The maximum absolute atomic E-state index is 13.4. The maximum Gasteiger partial charge on any atom is 0.252 e. The van der Waals surface area contributed by atoms with Crippen LogP contribution in [-0.4, -0.2) is 32.8 Å². The van der Waals surface area contributed by atoms with Crippen molar-refractivity contribution in [3.05, 3.63) is 57.3 Å². The molecular weight excluding hydrogens is 458 g/mol. The third-order valence-corrected chi connectivity index (χ3v) is 8.76. The van der Waals surface area contributed by atoms with E-state index in [1.165, 1.54) is 17.7 Å². The van der Waals surface area contributed by atoms with Gasteiger partial charge >= 0.3 is 0 Å². The number of carbonyl (C=O) groups is 2. The monoisotopic (exact) mass is 489 g/mol. The predicted molar refractivity (Wildman–Crippen MR) is 136 cm³/mol. The molecule has 2 fully saturated rings. The second kappa shape index (κ2) is 9.22. The lowest BCUT2D eigenvalue weighted by molar-refractivity contribution is -0.119. The van der Waals surface area contributed by atoms with Crippen LogP contribution in [0.25, 0.3) is 0 Å². The number of aromatic nitrogens is 3. The molecule has 7 nitrogen and oxygen atoms in total. The molecule has 6 rings (SSSR count). The highest BCUT2D eigenvalue weighted by atomic mass is 32.1. The number of pyridine rings is 1. The number of rotatable bonds is 9. The molecule has 3 aromatic heterocycles. The third kappa shape index (κ3) is 4.76. The second-order valence-electron chi connectivity index (χ2n) is 10.2. The molecular formula is C27H31N5O2S. The Morgan fingerprint density at radius 1 is 1.14 bits per heavy atom. The molecule has 0 aromatic carbocycles. The molecule has 2 N–H and O–H groups in total. The van der Waals surface area contributed by atoms with Crippen LogP contribution in [0.1, 0.15) is 69.5 Å². The first-order chi connectivity index (χ1) is 17.1. The minimum absolute atomic E-state index is 0.00334. The van der Waals surface area contributed by atoms with Crippen LogP contribution in [-0.2, 0) is 24.1 Å². The first kappa shape index (κ1) is 22.5. The fraction of sp³-hybridized carbons (Fsp3) is 0.481. The number of Topliss-reactive ketones (excluding diaryl/α,β-unsaturated/α-hetero) is 1. The first-order valence-electron chi connectivity index (χ1n) is 12.7. The van der Waals surface area contributed by atoms with Gasteiger partial charge in [0.2, 0.25) is 5.95 Å². The minimum Gasteiger partial charge on any atom is -0.352 e. The van der Waals surface area contributed by atoms with Gasteiger partial charge in [-0.3, -0.25) is 14.6 Å². The van der Waals surface area contributed by atoms with Gasteiger partial charge in [0.1, 0.15) is 5.78 Å². The molecule has 1 atom stereocenters. The summed E-state index contributed by atoms with van der Waals surface area (Å²) in [5, 5.41) is 6.61. The molecule has 0 unspecified atom stereocenters. The molecule has 0 spiro atoms. The number of imidazole rings is 1. The molecule has 35 heavy (non-hydrogen) atoms.